The highest BCUT2D eigenvalue weighted by Crippen LogP contribution is 2.59. The van der Waals surface area contributed by atoms with E-state index in [1.165, 1.54) is 31.1 Å². The number of hydrogen-bond acceptors (Lipinski definition) is 7. The molecule has 4 rings (SSSR count). The molecule has 1 N–H and O–H groups in total. The number of ether oxygens (including phenoxy) is 3. The van der Waals surface area contributed by atoms with E-state index in [1.54, 1.807) is 36.4 Å². The standard InChI is InChI=1S/C23H24N2O7/c1-13-9-10-18(26)15(11-13)23-12-17(19(27)30-2)25(22(29)32-4)20(23)24(21(28)31-3)16-8-6-5-7-14(16)23/h5-11,17,20,26H,12H2,1-4H3/t17-,20-,23-/m0/s1. The summed E-state index contributed by atoms with van der Waals surface area (Å²) in [5.41, 5.74) is 1.42. The summed E-state index contributed by atoms with van der Waals surface area (Å²) < 4.78 is 15.0. The lowest BCUT2D eigenvalue weighted by atomic mass is 9.71. The summed E-state index contributed by atoms with van der Waals surface area (Å²) in [6, 6.07) is 11.2. The van der Waals surface area contributed by atoms with Gasteiger partial charge in [-0.1, -0.05) is 35.9 Å². The zero-order valence-electron chi connectivity index (χ0n) is 18.2. The average molecular weight is 440 g/mol. The summed E-state index contributed by atoms with van der Waals surface area (Å²) in [6.45, 7) is 1.87. The van der Waals surface area contributed by atoms with Crippen LogP contribution in [0.4, 0.5) is 15.3 Å². The minimum atomic E-state index is -1.13. The van der Waals surface area contributed by atoms with Crippen LogP contribution in [0, 0.1) is 6.92 Å². The van der Waals surface area contributed by atoms with Gasteiger partial charge < -0.3 is 19.3 Å². The molecule has 0 spiro atoms. The van der Waals surface area contributed by atoms with Gasteiger partial charge in [-0.15, -0.1) is 0 Å². The maximum atomic E-state index is 13.0. The second kappa shape index (κ2) is 7.74. The Labute approximate surface area is 185 Å². The number of aromatic hydroxyl groups is 1. The number of methoxy groups -OCH3 is 3. The molecule has 2 aliphatic rings. The molecule has 168 valence electrons. The molecule has 1 saturated heterocycles. The van der Waals surface area contributed by atoms with Crippen LogP contribution in [0.15, 0.2) is 42.5 Å². The lowest BCUT2D eigenvalue weighted by Gasteiger charge is -2.36. The fourth-order valence-corrected chi connectivity index (χ4v) is 5.07. The Morgan fingerprint density at radius 1 is 0.969 bits per heavy atom. The number of phenolic OH excluding ortho intramolecular Hbond substituents is 1. The topological polar surface area (TPSA) is 106 Å². The van der Waals surface area contributed by atoms with E-state index >= 15 is 0 Å². The van der Waals surface area contributed by atoms with Crippen molar-refractivity contribution in [3.05, 3.63) is 59.2 Å². The molecular weight excluding hydrogens is 416 g/mol. The second-order valence-corrected chi connectivity index (χ2v) is 7.84. The van der Waals surface area contributed by atoms with Crippen LogP contribution in [0.1, 0.15) is 23.1 Å². The zero-order chi connectivity index (χ0) is 23.2. The molecular formula is C23H24N2O7. The number of esters is 1. The summed E-state index contributed by atoms with van der Waals surface area (Å²) in [5, 5.41) is 10.9. The van der Waals surface area contributed by atoms with Crippen molar-refractivity contribution in [1.29, 1.82) is 0 Å². The Balaban J connectivity index is 2.09. The van der Waals surface area contributed by atoms with Crippen molar-refractivity contribution in [3.8, 4) is 5.75 Å². The number of likely N-dealkylation sites (tertiary alicyclic amines) is 1. The molecule has 0 saturated carbocycles. The lowest BCUT2D eigenvalue weighted by molar-refractivity contribution is -0.145. The van der Waals surface area contributed by atoms with Gasteiger partial charge >= 0.3 is 18.2 Å². The first-order valence-corrected chi connectivity index (χ1v) is 10.0. The predicted octanol–water partition coefficient (Wildman–Crippen LogP) is 2.91. The highest BCUT2D eigenvalue weighted by Gasteiger charge is 2.67. The second-order valence-electron chi connectivity index (χ2n) is 7.84. The van der Waals surface area contributed by atoms with Crippen LogP contribution in [0.3, 0.4) is 0 Å². The molecule has 2 aromatic rings. The SMILES string of the molecule is COC(=O)[C@@H]1C[C@@]2(c3cc(C)ccc3O)c3ccccc3N(C(=O)OC)[C@H]2N1C(=O)OC. The van der Waals surface area contributed by atoms with Gasteiger partial charge in [-0.2, -0.15) is 0 Å². The number of hydrogen-bond donors (Lipinski definition) is 1. The monoisotopic (exact) mass is 440 g/mol. The van der Waals surface area contributed by atoms with E-state index in [2.05, 4.69) is 0 Å². The first-order valence-electron chi connectivity index (χ1n) is 10.0. The number of carbonyl (C=O) groups is 3. The van der Waals surface area contributed by atoms with E-state index in [0.717, 1.165) is 5.56 Å². The summed E-state index contributed by atoms with van der Waals surface area (Å²) >= 11 is 0. The van der Waals surface area contributed by atoms with Crippen molar-refractivity contribution in [2.24, 2.45) is 0 Å². The Bertz CT molecular complexity index is 1100. The molecule has 0 aromatic heterocycles. The van der Waals surface area contributed by atoms with Crippen molar-refractivity contribution < 1.29 is 33.7 Å². The third kappa shape index (κ3) is 2.80. The van der Waals surface area contributed by atoms with E-state index < -0.39 is 35.8 Å². The van der Waals surface area contributed by atoms with Crippen molar-refractivity contribution >= 4 is 23.8 Å². The molecule has 2 heterocycles. The van der Waals surface area contributed by atoms with Gasteiger partial charge in [0.1, 0.15) is 18.0 Å². The molecule has 2 amide bonds. The summed E-state index contributed by atoms with van der Waals surface area (Å²) in [4.78, 5) is 41.3. The minimum absolute atomic E-state index is 0.0162. The fourth-order valence-electron chi connectivity index (χ4n) is 5.07. The molecule has 2 aromatic carbocycles. The molecule has 32 heavy (non-hydrogen) atoms. The molecule has 2 aliphatic heterocycles. The normalized spacial score (nSPS) is 23.4. The van der Waals surface area contributed by atoms with Gasteiger partial charge in [0.2, 0.25) is 0 Å². The third-order valence-electron chi connectivity index (χ3n) is 6.31. The van der Waals surface area contributed by atoms with Crippen molar-refractivity contribution in [2.75, 3.05) is 26.2 Å². The number of amides is 2. The molecule has 9 nitrogen and oxygen atoms in total. The van der Waals surface area contributed by atoms with Crippen LogP contribution < -0.4 is 4.90 Å². The Hall–Kier alpha value is -3.75. The maximum absolute atomic E-state index is 13.0. The number of anilines is 1. The summed E-state index contributed by atoms with van der Waals surface area (Å²) in [6.07, 6.45) is -2.48. The van der Waals surface area contributed by atoms with Gasteiger partial charge in [0, 0.05) is 5.56 Å². The number of rotatable bonds is 2. The molecule has 0 unspecified atom stereocenters. The molecule has 3 atom stereocenters. The van der Waals surface area contributed by atoms with Gasteiger partial charge in [0.25, 0.3) is 0 Å². The van der Waals surface area contributed by atoms with E-state index in [9.17, 15) is 19.5 Å². The Morgan fingerprint density at radius 2 is 1.66 bits per heavy atom. The van der Waals surface area contributed by atoms with Gasteiger partial charge in [-0.05, 0) is 31.0 Å². The van der Waals surface area contributed by atoms with Gasteiger partial charge in [-0.3, -0.25) is 9.80 Å². The Morgan fingerprint density at radius 3 is 2.31 bits per heavy atom. The van der Waals surface area contributed by atoms with E-state index in [4.69, 9.17) is 14.2 Å². The minimum Gasteiger partial charge on any atom is -0.508 e. The third-order valence-corrected chi connectivity index (χ3v) is 6.31. The van der Waals surface area contributed by atoms with Gasteiger partial charge in [0.15, 0.2) is 0 Å². The van der Waals surface area contributed by atoms with Crippen molar-refractivity contribution in [1.82, 2.24) is 4.90 Å². The smallest absolute Gasteiger partial charge is 0.415 e. The van der Waals surface area contributed by atoms with Gasteiger partial charge in [-0.25, -0.2) is 14.4 Å². The highest BCUT2D eigenvalue weighted by atomic mass is 16.6. The number of phenols is 1. The fraction of sp³-hybridized carbons (Fsp3) is 0.348. The highest BCUT2D eigenvalue weighted by molar-refractivity contribution is 5.96. The number of carbonyl (C=O) groups excluding carboxylic acids is 3. The van der Waals surface area contributed by atoms with Crippen LogP contribution in [0.2, 0.25) is 0 Å². The van der Waals surface area contributed by atoms with E-state index in [0.29, 0.717) is 16.8 Å². The number of benzene rings is 2. The molecule has 1 fully saturated rings. The molecule has 0 aliphatic carbocycles. The van der Waals surface area contributed by atoms with Gasteiger partial charge in [0.05, 0.1) is 32.4 Å². The summed E-state index contributed by atoms with van der Waals surface area (Å²) in [5.74, 6) is -0.670. The zero-order valence-corrected chi connectivity index (χ0v) is 18.2. The van der Waals surface area contributed by atoms with Crippen molar-refractivity contribution in [2.45, 2.75) is 31.0 Å². The van der Waals surface area contributed by atoms with Crippen LogP contribution in [0.25, 0.3) is 0 Å². The number of fused-ring (bicyclic) bond motifs is 3. The number of para-hydroxylation sites is 1. The number of nitrogens with zero attached hydrogens (tertiary/aromatic N) is 2. The Kier molecular flexibility index (Phi) is 5.20. The van der Waals surface area contributed by atoms with E-state index in [1.807, 2.05) is 13.0 Å². The van der Waals surface area contributed by atoms with E-state index in [-0.39, 0.29) is 12.2 Å². The van der Waals surface area contributed by atoms with Crippen LogP contribution in [-0.2, 0) is 24.4 Å². The first-order chi connectivity index (χ1) is 15.3. The lowest BCUT2D eigenvalue weighted by Crippen LogP contribution is -2.56. The quantitative estimate of drug-likeness (QED) is 0.565. The molecule has 9 heteroatoms. The average Bonchev–Trinajstić information content (AvgIpc) is 3.29. The van der Waals surface area contributed by atoms with Crippen LogP contribution >= 0.6 is 0 Å². The largest absolute Gasteiger partial charge is 0.508 e. The van der Waals surface area contributed by atoms with Crippen LogP contribution in [-0.4, -0.2) is 61.7 Å². The predicted molar refractivity (Wildman–Crippen MR) is 113 cm³/mol. The van der Waals surface area contributed by atoms with Crippen LogP contribution in [0.5, 0.6) is 5.75 Å². The first kappa shape index (κ1) is 21.5. The maximum Gasteiger partial charge on any atom is 0.415 e. The summed E-state index contributed by atoms with van der Waals surface area (Å²) in [7, 11) is 3.67. The molecule has 0 radical (unpaired) electrons. The number of aryl methyl sites for hydroxylation is 1. The molecule has 0 bridgehead atoms. The van der Waals surface area contributed by atoms with Crippen molar-refractivity contribution in [3.63, 3.8) is 0 Å².